The summed E-state index contributed by atoms with van der Waals surface area (Å²) in [6.07, 6.45) is 22.9. The normalized spacial score (nSPS) is 11.1. The summed E-state index contributed by atoms with van der Waals surface area (Å²) >= 11 is 0. The molecule has 4 heteroatoms. The van der Waals surface area contributed by atoms with Gasteiger partial charge in [0, 0.05) is 0 Å². The van der Waals surface area contributed by atoms with Crippen LogP contribution >= 0.6 is 0 Å². The van der Waals surface area contributed by atoms with Crippen LogP contribution in [-0.2, 0) is 9.59 Å². The zero-order valence-corrected chi connectivity index (χ0v) is 19.2. The Balaban J connectivity index is 3.69. The van der Waals surface area contributed by atoms with Crippen molar-refractivity contribution in [3.63, 3.8) is 0 Å². The SMILES string of the molecule is C=CC(=O)NC(C)(CCCCCCCCCCCCCCCCC)NC(=O)C=C. The van der Waals surface area contributed by atoms with E-state index in [-0.39, 0.29) is 11.8 Å². The van der Waals surface area contributed by atoms with Gasteiger partial charge in [-0.05, 0) is 31.9 Å². The second-order valence-electron chi connectivity index (χ2n) is 8.42. The molecule has 168 valence electrons. The second-order valence-corrected chi connectivity index (χ2v) is 8.42. The molecule has 2 amide bonds. The Morgan fingerprint density at radius 2 is 0.966 bits per heavy atom. The number of hydrogen-bond acceptors (Lipinski definition) is 2. The Kier molecular flexibility index (Phi) is 17.4. The van der Waals surface area contributed by atoms with Crippen LogP contribution in [0, 0.1) is 0 Å². The summed E-state index contributed by atoms with van der Waals surface area (Å²) in [7, 11) is 0. The Morgan fingerprint density at radius 1 is 0.655 bits per heavy atom. The van der Waals surface area contributed by atoms with Gasteiger partial charge in [-0.1, -0.05) is 110 Å². The number of rotatable bonds is 20. The summed E-state index contributed by atoms with van der Waals surface area (Å²) in [5.74, 6) is -0.560. The number of carbonyl (C=O) groups is 2. The minimum absolute atomic E-state index is 0.280. The molecule has 0 spiro atoms. The third-order valence-electron chi connectivity index (χ3n) is 5.45. The minimum atomic E-state index is -0.757. The highest BCUT2D eigenvalue weighted by atomic mass is 16.2. The first kappa shape index (κ1) is 27.4. The van der Waals surface area contributed by atoms with E-state index in [1.54, 1.807) is 0 Å². The number of nitrogens with one attached hydrogen (secondary N) is 2. The van der Waals surface area contributed by atoms with Crippen LogP contribution in [0.1, 0.15) is 117 Å². The zero-order chi connectivity index (χ0) is 21.8. The monoisotopic (exact) mass is 406 g/mol. The maximum absolute atomic E-state index is 11.7. The van der Waals surface area contributed by atoms with Crippen LogP contribution in [-0.4, -0.2) is 17.5 Å². The van der Waals surface area contributed by atoms with Gasteiger partial charge in [0.1, 0.15) is 5.66 Å². The van der Waals surface area contributed by atoms with Gasteiger partial charge in [-0.15, -0.1) is 0 Å². The van der Waals surface area contributed by atoms with Gasteiger partial charge < -0.3 is 10.6 Å². The summed E-state index contributed by atoms with van der Waals surface area (Å²) in [5, 5.41) is 5.64. The summed E-state index contributed by atoms with van der Waals surface area (Å²) in [6.45, 7) is 11.1. The summed E-state index contributed by atoms with van der Waals surface area (Å²) in [6, 6.07) is 0. The molecule has 0 bridgehead atoms. The molecule has 0 aromatic heterocycles. The van der Waals surface area contributed by atoms with Gasteiger partial charge in [-0.25, -0.2) is 0 Å². The first-order chi connectivity index (χ1) is 14.0. The summed E-state index contributed by atoms with van der Waals surface area (Å²) < 4.78 is 0. The molecule has 0 aliphatic heterocycles. The molecule has 29 heavy (non-hydrogen) atoms. The Morgan fingerprint density at radius 3 is 1.28 bits per heavy atom. The number of unbranched alkanes of at least 4 members (excludes halogenated alkanes) is 14. The maximum atomic E-state index is 11.7. The van der Waals surface area contributed by atoms with Gasteiger partial charge in [0.15, 0.2) is 0 Å². The molecule has 4 nitrogen and oxygen atoms in total. The molecule has 0 unspecified atom stereocenters. The van der Waals surface area contributed by atoms with E-state index in [0.29, 0.717) is 6.42 Å². The molecule has 0 fully saturated rings. The molecule has 0 saturated carbocycles. The van der Waals surface area contributed by atoms with Crippen LogP contribution in [0.2, 0.25) is 0 Å². The maximum Gasteiger partial charge on any atom is 0.245 e. The average molecular weight is 407 g/mol. The summed E-state index contributed by atoms with van der Waals surface area (Å²) in [5.41, 5.74) is -0.757. The first-order valence-electron chi connectivity index (χ1n) is 11.9. The van der Waals surface area contributed by atoms with Crippen molar-refractivity contribution >= 4 is 11.8 Å². The van der Waals surface area contributed by atoms with E-state index in [1.807, 2.05) is 6.92 Å². The van der Waals surface area contributed by atoms with E-state index in [1.165, 1.54) is 95.6 Å². The molecular formula is C25H46N2O2. The molecule has 0 aliphatic rings. The van der Waals surface area contributed by atoms with Gasteiger partial charge in [0.25, 0.3) is 0 Å². The number of hydrogen-bond donors (Lipinski definition) is 2. The van der Waals surface area contributed by atoms with Crippen molar-refractivity contribution in [3.05, 3.63) is 25.3 Å². The third-order valence-corrected chi connectivity index (χ3v) is 5.45. The van der Waals surface area contributed by atoms with E-state index in [9.17, 15) is 9.59 Å². The van der Waals surface area contributed by atoms with Crippen LogP contribution in [0.3, 0.4) is 0 Å². The molecule has 0 heterocycles. The van der Waals surface area contributed by atoms with Crippen molar-refractivity contribution in [3.8, 4) is 0 Å². The zero-order valence-electron chi connectivity index (χ0n) is 19.2. The lowest BCUT2D eigenvalue weighted by Crippen LogP contribution is -2.57. The third kappa shape index (κ3) is 17.0. The number of amides is 2. The predicted molar refractivity (Wildman–Crippen MR) is 125 cm³/mol. The van der Waals surface area contributed by atoms with Gasteiger partial charge in [-0.2, -0.15) is 0 Å². The average Bonchev–Trinajstić information content (AvgIpc) is 2.70. The van der Waals surface area contributed by atoms with E-state index >= 15 is 0 Å². The largest absolute Gasteiger partial charge is 0.330 e. The van der Waals surface area contributed by atoms with Gasteiger partial charge >= 0.3 is 0 Å². The van der Waals surface area contributed by atoms with Crippen LogP contribution < -0.4 is 10.6 Å². The molecule has 0 radical (unpaired) electrons. The topological polar surface area (TPSA) is 58.2 Å². The number of carbonyl (C=O) groups excluding carboxylic acids is 2. The fourth-order valence-electron chi connectivity index (χ4n) is 3.65. The lowest BCUT2D eigenvalue weighted by molar-refractivity contribution is -0.121. The quantitative estimate of drug-likeness (QED) is 0.136. The second kappa shape index (κ2) is 18.4. The fraction of sp³-hybridized carbons (Fsp3) is 0.760. The highest BCUT2D eigenvalue weighted by molar-refractivity contribution is 5.90. The van der Waals surface area contributed by atoms with Crippen LogP contribution in [0.15, 0.2) is 25.3 Å². The van der Waals surface area contributed by atoms with Crippen molar-refractivity contribution in [1.82, 2.24) is 10.6 Å². The Bertz CT molecular complexity index is 438. The van der Waals surface area contributed by atoms with E-state index in [2.05, 4.69) is 30.7 Å². The van der Waals surface area contributed by atoms with E-state index in [0.717, 1.165) is 12.8 Å². The van der Waals surface area contributed by atoms with Gasteiger partial charge in [-0.3, -0.25) is 9.59 Å². The molecule has 0 aromatic carbocycles. The molecule has 0 saturated heterocycles. The Hall–Kier alpha value is -1.58. The molecule has 0 aromatic rings. The summed E-state index contributed by atoms with van der Waals surface area (Å²) in [4.78, 5) is 23.3. The molecule has 0 rings (SSSR count). The van der Waals surface area contributed by atoms with Gasteiger partial charge in [0.2, 0.25) is 11.8 Å². The smallest absolute Gasteiger partial charge is 0.245 e. The lowest BCUT2D eigenvalue weighted by atomic mass is 10.0. The Labute approximate surface area is 180 Å². The van der Waals surface area contributed by atoms with Crippen LogP contribution in [0.4, 0.5) is 0 Å². The van der Waals surface area contributed by atoms with Crippen molar-refractivity contribution in [2.45, 2.75) is 122 Å². The van der Waals surface area contributed by atoms with Crippen molar-refractivity contribution in [2.24, 2.45) is 0 Å². The van der Waals surface area contributed by atoms with Crippen LogP contribution in [0.5, 0.6) is 0 Å². The highest BCUT2D eigenvalue weighted by Gasteiger charge is 2.26. The highest BCUT2D eigenvalue weighted by Crippen LogP contribution is 2.16. The molecular weight excluding hydrogens is 360 g/mol. The van der Waals surface area contributed by atoms with Crippen molar-refractivity contribution < 1.29 is 9.59 Å². The molecule has 2 N–H and O–H groups in total. The van der Waals surface area contributed by atoms with Crippen molar-refractivity contribution in [1.29, 1.82) is 0 Å². The lowest BCUT2D eigenvalue weighted by Gasteiger charge is -2.31. The standard InChI is InChI=1S/C25H46N2O2/c1-5-8-9-10-11-12-13-14-15-16-17-18-19-20-21-22-25(4,26-23(28)6-2)27-24(29)7-3/h6-7H,2-3,5,8-22H2,1,4H3,(H,26,28)(H,27,29). The first-order valence-corrected chi connectivity index (χ1v) is 11.9. The van der Waals surface area contributed by atoms with E-state index < -0.39 is 5.66 Å². The van der Waals surface area contributed by atoms with Crippen LogP contribution in [0.25, 0.3) is 0 Å². The molecule has 0 aliphatic carbocycles. The minimum Gasteiger partial charge on any atom is -0.330 e. The predicted octanol–water partition coefficient (Wildman–Crippen LogP) is 6.57. The van der Waals surface area contributed by atoms with Crippen molar-refractivity contribution in [2.75, 3.05) is 0 Å². The molecule has 0 atom stereocenters. The van der Waals surface area contributed by atoms with E-state index in [4.69, 9.17) is 0 Å². The fourth-order valence-corrected chi connectivity index (χ4v) is 3.65. The van der Waals surface area contributed by atoms with Gasteiger partial charge in [0.05, 0.1) is 0 Å².